The van der Waals surface area contributed by atoms with Gasteiger partial charge in [-0.05, 0) is 140 Å². The monoisotopic (exact) mass is 1390 g/mol. The maximum Gasteiger partial charge on any atom is 0.268 e. The maximum atomic E-state index is 10.7. The van der Waals surface area contributed by atoms with Crippen LogP contribution in [0.4, 0.5) is 0 Å². The van der Waals surface area contributed by atoms with Gasteiger partial charge in [0.1, 0.15) is 5.82 Å². The fourth-order valence-corrected chi connectivity index (χ4v) is 18.3. The van der Waals surface area contributed by atoms with Crippen LogP contribution in [0.15, 0.2) is 261 Å². The number of aromatic nitrogens is 4. The fraction of sp³-hybridized carbons (Fsp3) is 0.143. The Bertz CT molecular complexity index is 5900. The maximum absolute atomic E-state index is 10.7. The third-order valence-corrected chi connectivity index (χ3v) is 22.5. The summed E-state index contributed by atoms with van der Waals surface area (Å²) >= 11 is 0. The van der Waals surface area contributed by atoms with Crippen LogP contribution in [0, 0.1) is 18.5 Å². The Kier molecular flexibility index (Phi) is 9.83. The number of imidazole rings is 1. The Morgan fingerprint density at radius 3 is 1.85 bits per heavy atom. The number of rotatable bonds is 9. The third-order valence-electron chi connectivity index (χ3n) is 17.7. The third kappa shape index (κ3) is 9.51. The van der Waals surface area contributed by atoms with Crippen LogP contribution in [0.5, 0.6) is 11.5 Å². The topological polar surface area (TPSA) is 35.9 Å². The average Bonchev–Trinajstić information content (AvgIpc) is 0.750. The van der Waals surface area contributed by atoms with Gasteiger partial charge < -0.3 is 13.9 Å². The number of hydrogen-bond acceptors (Lipinski definition) is 2. The molecule has 0 bridgehead atoms. The van der Waals surface area contributed by atoms with Crippen molar-refractivity contribution in [1.82, 2.24) is 14.1 Å². The van der Waals surface area contributed by atoms with Gasteiger partial charge >= 0.3 is 0 Å². The molecule has 11 aromatic carbocycles. The molecule has 3 aromatic heterocycles. The van der Waals surface area contributed by atoms with Crippen LogP contribution in [-0.4, -0.2) is 22.2 Å². The normalized spacial score (nSPS) is 18.6. The van der Waals surface area contributed by atoms with Crippen molar-refractivity contribution >= 4 is 61.7 Å². The van der Waals surface area contributed by atoms with Crippen molar-refractivity contribution in [2.75, 3.05) is 0 Å². The van der Waals surface area contributed by atoms with E-state index in [0.29, 0.717) is 56.1 Å². The first-order valence-corrected chi connectivity index (χ1v) is 31.9. The van der Waals surface area contributed by atoms with Crippen molar-refractivity contribution in [3.63, 3.8) is 0 Å². The molecule has 0 spiro atoms. The fourth-order valence-electron chi connectivity index (χ4n) is 13.5. The smallest absolute Gasteiger partial charge is 0.268 e. The molecule has 7 heteroatoms. The van der Waals surface area contributed by atoms with E-state index in [4.69, 9.17) is 17.9 Å². The van der Waals surface area contributed by atoms with Crippen molar-refractivity contribution in [2.24, 2.45) is 0 Å². The summed E-state index contributed by atoms with van der Waals surface area (Å²) in [5.74, 6) is 1.30. The largest absolute Gasteiger partial charge is 0.510 e. The molecule has 0 saturated carbocycles. The van der Waals surface area contributed by atoms with E-state index < -0.39 is 93.9 Å². The van der Waals surface area contributed by atoms with E-state index >= 15 is 0 Å². The second kappa shape index (κ2) is 22.2. The minimum Gasteiger partial charge on any atom is -0.510 e. The quantitative estimate of drug-likeness (QED) is 0.0625. The first-order chi connectivity index (χ1) is 51.5. The first kappa shape index (κ1) is 40.3. The minimum atomic E-state index is -4.56. The van der Waals surface area contributed by atoms with Crippen LogP contribution in [-0.2, 0) is 37.3 Å². The SMILES string of the molecule is [2H]c1c([2H])c2c(c([2H])c1-c1cccc3c1-[n+]1[c-]n(-c4[c-]c(Oc5[c-]c6c(cc5)c5ccccc5n6-c5cc(C(C)(C)C)ccn5)ccc4)c4cccc(c41)-c1ccccc1-c1ccc([Si](c4ccccc4)(c4ccccc4)c4ccccc4)cc1-3)C(C([2H])([2H])[2H])(C([2H])([2H])[2H])C([2H])([2H])C([2H])([2H])C2(C([2H])([2H])[2H])C([2H])([2H])[2H].[Pt]. The molecule has 1 aliphatic heterocycles. The van der Waals surface area contributed by atoms with Gasteiger partial charge in [-0.25, -0.2) is 4.98 Å². The zero-order valence-electron chi connectivity index (χ0n) is 68.6. The van der Waals surface area contributed by atoms with E-state index in [1.807, 2.05) is 140 Å². The van der Waals surface area contributed by atoms with Crippen LogP contribution in [0.25, 0.3) is 94.5 Å². The summed E-state index contributed by atoms with van der Waals surface area (Å²) in [6.45, 7) is -10.7. The van der Waals surface area contributed by atoms with E-state index in [-0.39, 0.29) is 43.5 Å². The van der Waals surface area contributed by atoms with Crippen LogP contribution < -0.4 is 30.1 Å². The predicted octanol–water partition coefficient (Wildman–Crippen LogP) is 17.6. The van der Waals surface area contributed by atoms with E-state index in [1.165, 1.54) is 6.07 Å². The summed E-state index contributed by atoms with van der Waals surface area (Å²) < 4.78 is 192. The molecular weight excluding hydrogens is 1300 g/mol. The van der Waals surface area contributed by atoms with Crippen molar-refractivity contribution in [2.45, 2.75) is 77.2 Å². The Balaban J connectivity index is 0.00000961. The van der Waals surface area contributed by atoms with Gasteiger partial charge in [0.05, 0.1) is 20.8 Å². The Morgan fingerprint density at radius 1 is 0.538 bits per heavy atom. The van der Waals surface area contributed by atoms with Gasteiger partial charge in [0.2, 0.25) is 0 Å². The van der Waals surface area contributed by atoms with Gasteiger partial charge in [-0.3, -0.25) is 4.57 Å². The number of fused-ring (bicyclic) bond motifs is 11. The molecule has 2 aliphatic rings. The number of ether oxygens (including phenoxy) is 1. The number of hydrogen-bond donors (Lipinski definition) is 0. The molecule has 0 fully saturated rings. The van der Waals surface area contributed by atoms with E-state index in [2.05, 4.69) is 111 Å². The van der Waals surface area contributed by atoms with Gasteiger partial charge in [-0.15, -0.1) is 29.7 Å². The van der Waals surface area contributed by atoms with Crippen molar-refractivity contribution in [3.05, 3.63) is 296 Å². The second-order valence-electron chi connectivity index (χ2n) is 24.1. The zero-order chi connectivity index (χ0) is 77.3. The summed E-state index contributed by atoms with van der Waals surface area (Å²) in [4.78, 5) is 4.87. The Hall–Kier alpha value is -9.45. The van der Waals surface area contributed by atoms with Gasteiger partial charge in [0.15, 0.2) is 8.07 Å². The molecule has 0 N–H and O–H groups in total. The summed E-state index contributed by atoms with van der Waals surface area (Å²) in [5.41, 5.74) is -5.18. The summed E-state index contributed by atoms with van der Waals surface area (Å²) in [6.07, 6.45) is -3.64. The molecule has 1 aliphatic carbocycles. The molecule has 0 atom stereocenters. The molecule has 16 rings (SSSR count). The molecular formula is C84H68N4OPtSi-2. The molecule has 91 heavy (non-hydrogen) atoms. The number of para-hydroxylation sites is 3. The van der Waals surface area contributed by atoms with Crippen molar-refractivity contribution < 1.29 is 56.4 Å². The zero-order valence-corrected chi connectivity index (χ0v) is 52.9. The summed E-state index contributed by atoms with van der Waals surface area (Å²) in [7, 11) is -3.48. The number of nitrogens with zero attached hydrogens (tertiary/aromatic N) is 4. The van der Waals surface area contributed by atoms with E-state index in [9.17, 15) is 17.8 Å². The van der Waals surface area contributed by atoms with Gasteiger partial charge in [-0.2, -0.15) is 18.2 Å². The van der Waals surface area contributed by atoms with Gasteiger partial charge in [-0.1, -0.05) is 260 Å². The van der Waals surface area contributed by atoms with Gasteiger partial charge in [0, 0.05) is 66.2 Å². The summed E-state index contributed by atoms with van der Waals surface area (Å²) in [5, 5.41) is 5.86. The molecule has 4 heterocycles. The molecule has 0 amide bonds. The molecule has 0 radical (unpaired) electrons. The second-order valence-corrected chi connectivity index (χ2v) is 28.0. The van der Waals surface area contributed by atoms with Crippen molar-refractivity contribution in [3.8, 4) is 73.2 Å². The standard InChI is InChI=1S/C84H68N4OSi.Pt/c1-82(2,3)57-46-49-85-79(51-57)88-76-38-20-19-34-69(76)70-43-41-60(53-78(70)88)89-59-25-21-24-58(52-59)86-55-87-80-65(56-40-45-74-75(50-56)84(6,7)48-47-83(74,4)5)35-22-36-72(80)73-54-64(42-44-68(73)66-32-17-18-33-67(66)71-37-23-39-77(86)81(71)87)90(61-26-11-8-12-27-61,62-28-13-9-14-29-62)63-30-15-10-16-31-63;/h8-46,49-51,54H,47-48H2,1-7H3;/q-2;/i4D3,5D3,6D3,7D3,40D,45D,47D2,48D2,50D;. The average molecular weight is 1390 g/mol. The summed E-state index contributed by atoms with van der Waals surface area (Å²) in [6, 6.07) is 79.8. The molecule has 14 aromatic rings. The first-order valence-electron chi connectivity index (χ1n) is 39.4. The Morgan fingerprint density at radius 2 is 1.13 bits per heavy atom. The number of pyridine rings is 1. The van der Waals surface area contributed by atoms with Crippen LogP contribution in [0.3, 0.4) is 0 Å². The van der Waals surface area contributed by atoms with Crippen molar-refractivity contribution in [1.29, 1.82) is 0 Å². The molecule has 0 saturated heterocycles. The van der Waals surface area contributed by atoms with E-state index in [1.54, 1.807) is 39.6 Å². The van der Waals surface area contributed by atoms with Crippen LogP contribution >= 0.6 is 0 Å². The van der Waals surface area contributed by atoms with Gasteiger partial charge in [0.25, 0.3) is 6.33 Å². The van der Waals surface area contributed by atoms with Crippen LogP contribution in [0.2, 0.25) is 0 Å². The van der Waals surface area contributed by atoms with Crippen LogP contribution in [0.1, 0.15) is 104 Å². The molecule has 5 nitrogen and oxygen atoms in total. The minimum absolute atomic E-state index is 0. The molecule has 0 unspecified atom stereocenters. The number of benzene rings is 11. The predicted molar refractivity (Wildman–Crippen MR) is 373 cm³/mol. The Labute approximate surface area is 575 Å². The molecule has 446 valence electrons. The van der Waals surface area contributed by atoms with E-state index in [0.717, 1.165) is 53.7 Å².